The van der Waals surface area contributed by atoms with E-state index in [1.165, 1.54) is 11.1 Å². The molecule has 122 valence electrons. The average Bonchev–Trinajstić information content (AvgIpc) is 2.99. The van der Waals surface area contributed by atoms with Crippen LogP contribution in [0.5, 0.6) is 0 Å². The van der Waals surface area contributed by atoms with E-state index >= 15 is 0 Å². The molecular formula is C17H23N5O. The SMILES string of the molecule is O=C1CNCCN1[C@H]1CCCN(Cc2[nH]nc3ccccc23)C1. The van der Waals surface area contributed by atoms with E-state index in [0.29, 0.717) is 12.6 Å². The number of aromatic nitrogens is 2. The van der Waals surface area contributed by atoms with Crippen molar-refractivity contribution in [3.8, 4) is 0 Å². The van der Waals surface area contributed by atoms with Gasteiger partial charge in [-0.15, -0.1) is 0 Å². The first-order valence-electron chi connectivity index (χ1n) is 8.46. The fraction of sp³-hybridized carbons (Fsp3) is 0.529. The highest BCUT2D eigenvalue weighted by molar-refractivity contribution is 5.81. The minimum atomic E-state index is 0.245. The third kappa shape index (κ3) is 2.96. The first-order valence-corrected chi connectivity index (χ1v) is 8.46. The smallest absolute Gasteiger partial charge is 0.236 e. The summed E-state index contributed by atoms with van der Waals surface area (Å²) in [6.07, 6.45) is 2.26. The Labute approximate surface area is 135 Å². The Morgan fingerprint density at radius 3 is 3.09 bits per heavy atom. The van der Waals surface area contributed by atoms with E-state index in [-0.39, 0.29) is 5.91 Å². The fourth-order valence-corrected chi connectivity index (χ4v) is 3.79. The highest BCUT2D eigenvalue weighted by Gasteiger charge is 2.30. The van der Waals surface area contributed by atoms with Crippen LogP contribution in [0.1, 0.15) is 18.5 Å². The van der Waals surface area contributed by atoms with Crippen molar-refractivity contribution in [3.63, 3.8) is 0 Å². The van der Waals surface area contributed by atoms with Gasteiger partial charge in [0.15, 0.2) is 0 Å². The molecule has 1 aromatic carbocycles. The van der Waals surface area contributed by atoms with Crippen molar-refractivity contribution in [2.45, 2.75) is 25.4 Å². The highest BCUT2D eigenvalue weighted by Crippen LogP contribution is 2.21. The number of hydrogen-bond acceptors (Lipinski definition) is 4. The van der Waals surface area contributed by atoms with Crippen LogP contribution in [-0.2, 0) is 11.3 Å². The number of nitrogens with one attached hydrogen (secondary N) is 2. The number of piperazine rings is 1. The summed E-state index contributed by atoms with van der Waals surface area (Å²) in [6.45, 7) is 5.15. The van der Waals surface area contributed by atoms with Crippen LogP contribution in [0.25, 0.3) is 10.9 Å². The second-order valence-corrected chi connectivity index (χ2v) is 6.51. The Balaban J connectivity index is 1.46. The molecule has 4 rings (SSSR count). The second-order valence-electron chi connectivity index (χ2n) is 6.51. The molecular weight excluding hydrogens is 290 g/mol. The van der Waals surface area contributed by atoms with Crippen molar-refractivity contribution >= 4 is 16.8 Å². The summed E-state index contributed by atoms with van der Waals surface area (Å²) in [5.74, 6) is 0.245. The summed E-state index contributed by atoms with van der Waals surface area (Å²) in [4.78, 5) is 16.6. The van der Waals surface area contributed by atoms with E-state index in [0.717, 1.165) is 51.1 Å². The Bertz CT molecular complexity index is 697. The summed E-state index contributed by atoms with van der Waals surface area (Å²) >= 11 is 0. The van der Waals surface area contributed by atoms with Gasteiger partial charge in [-0.1, -0.05) is 18.2 Å². The monoisotopic (exact) mass is 313 g/mol. The number of aromatic amines is 1. The van der Waals surface area contributed by atoms with E-state index in [9.17, 15) is 4.79 Å². The number of carbonyl (C=O) groups is 1. The summed E-state index contributed by atoms with van der Waals surface area (Å²) in [5, 5.41) is 11.9. The van der Waals surface area contributed by atoms with Crippen LogP contribution in [-0.4, -0.2) is 64.7 Å². The first kappa shape index (κ1) is 14.7. The van der Waals surface area contributed by atoms with E-state index in [1.807, 2.05) is 12.1 Å². The number of likely N-dealkylation sites (tertiary alicyclic amines) is 1. The molecule has 6 heteroatoms. The predicted molar refractivity (Wildman–Crippen MR) is 89.0 cm³/mol. The van der Waals surface area contributed by atoms with Crippen molar-refractivity contribution < 1.29 is 4.79 Å². The zero-order valence-corrected chi connectivity index (χ0v) is 13.3. The molecule has 0 aliphatic carbocycles. The highest BCUT2D eigenvalue weighted by atomic mass is 16.2. The molecule has 0 bridgehead atoms. The lowest BCUT2D eigenvalue weighted by atomic mass is 10.0. The molecule has 23 heavy (non-hydrogen) atoms. The van der Waals surface area contributed by atoms with Crippen molar-refractivity contribution in [2.24, 2.45) is 0 Å². The molecule has 2 aliphatic heterocycles. The zero-order chi connectivity index (χ0) is 15.6. The number of nitrogens with zero attached hydrogens (tertiary/aromatic N) is 3. The molecule has 2 aliphatic rings. The van der Waals surface area contributed by atoms with E-state index in [1.54, 1.807) is 0 Å². The van der Waals surface area contributed by atoms with Crippen LogP contribution in [0.4, 0.5) is 0 Å². The van der Waals surface area contributed by atoms with Gasteiger partial charge in [0.05, 0.1) is 17.8 Å². The Morgan fingerprint density at radius 2 is 2.17 bits per heavy atom. The van der Waals surface area contributed by atoms with Crippen molar-refractivity contribution in [1.29, 1.82) is 0 Å². The molecule has 2 fully saturated rings. The lowest BCUT2D eigenvalue weighted by Crippen LogP contribution is -2.56. The maximum atomic E-state index is 12.1. The fourth-order valence-electron chi connectivity index (χ4n) is 3.79. The van der Waals surface area contributed by atoms with Crippen LogP contribution in [0.2, 0.25) is 0 Å². The zero-order valence-electron chi connectivity index (χ0n) is 13.3. The summed E-state index contributed by atoms with van der Waals surface area (Å²) in [5.41, 5.74) is 2.20. The van der Waals surface area contributed by atoms with Crippen LogP contribution in [0.3, 0.4) is 0 Å². The molecule has 1 amide bonds. The van der Waals surface area contributed by atoms with Crippen molar-refractivity contribution in [3.05, 3.63) is 30.0 Å². The number of rotatable bonds is 3. The Morgan fingerprint density at radius 1 is 1.26 bits per heavy atom. The molecule has 6 nitrogen and oxygen atoms in total. The average molecular weight is 313 g/mol. The van der Waals surface area contributed by atoms with Crippen molar-refractivity contribution in [1.82, 2.24) is 25.3 Å². The van der Waals surface area contributed by atoms with Gasteiger partial charge in [-0.3, -0.25) is 14.8 Å². The maximum absolute atomic E-state index is 12.1. The molecule has 0 radical (unpaired) electrons. The number of H-pyrrole nitrogens is 1. The number of benzene rings is 1. The van der Waals surface area contributed by atoms with E-state index in [2.05, 4.69) is 37.4 Å². The molecule has 2 saturated heterocycles. The summed E-state index contributed by atoms with van der Waals surface area (Å²) < 4.78 is 0. The second kappa shape index (κ2) is 6.29. The number of hydrogen-bond donors (Lipinski definition) is 2. The van der Waals surface area contributed by atoms with Gasteiger partial charge in [0.25, 0.3) is 0 Å². The first-order chi connectivity index (χ1) is 11.3. The normalized spacial score (nSPS) is 23.6. The Kier molecular flexibility index (Phi) is 4.01. The van der Waals surface area contributed by atoms with Crippen molar-refractivity contribution in [2.75, 3.05) is 32.7 Å². The number of amides is 1. The number of carbonyl (C=O) groups excluding carboxylic acids is 1. The van der Waals surface area contributed by atoms with Crippen LogP contribution >= 0.6 is 0 Å². The van der Waals surface area contributed by atoms with Crippen LogP contribution < -0.4 is 5.32 Å². The van der Waals surface area contributed by atoms with Crippen LogP contribution in [0.15, 0.2) is 24.3 Å². The number of para-hydroxylation sites is 1. The Hall–Kier alpha value is -1.92. The lowest BCUT2D eigenvalue weighted by molar-refractivity contribution is -0.135. The molecule has 3 heterocycles. The minimum absolute atomic E-state index is 0.245. The van der Waals surface area contributed by atoms with Gasteiger partial charge < -0.3 is 10.2 Å². The van der Waals surface area contributed by atoms with E-state index in [4.69, 9.17) is 0 Å². The van der Waals surface area contributed by atoms with Gasteiger partial charge in [0, 0.05) is 37.6 Å². The maximum Gasteiger partial charge on any atom is 0.236 e. The predicted octanol–water partition coefficient (Wildman–Crippen LogP) is 0.959. The molecule has 2 N–H and O–H groups in total. The van der Waals surface area contributed by atoms with Gasteiger partial charge in [-0.2, -0.15) is 5.10 Å². The van der Waals surface area contributed by atoms with Gasteiger partial charge in [0.2, 0.25) is 5.91 Å². The lowest BCUT2D eigenvalue weighted by Gasteiger charge is -2.41. The molecule has 1 atom stereocenters. The molecule has 2 aromatic rings. The van der Waals surface area contributed by atoms with Gasteiger partial charge in [-0.25, -0.2) is 0 Å². The molecule has 0 unspecified atom stereocenters. The quantitative estimate of drug-likeness (QED) is 0.886. The summed E-state index contributed by atoms with van der Waals surface area (Å²) in [7, 11) is 0. The third-order valence-electron chi connectivity index (χ3n) is 4.97. The minimum Gasteiger partial charge on any atom is -0.336 e. The molecule has 1 aromatic heterocycles. The summed E-state index contributed by atoms with van der Waals surface area (Å²) in [6, 6.07) is 8.58. The molecule has 0 spiro atoms. The number of fused-ring (bicyclic) bond motifs is 1. The van der Waals surface area contributed by atoms with E-state index < -0.39 is 0 Å². The van der Waals surface area contributed by atoms with Gasteiger partial charge >= 0.3 is 0 Å². The topological polar surface area (TPSA) is 64.3 Å². The number of piperidine rings is 1. The van der Waals surface area contributed by atoms with Crippen LogP contribution in [0, 0.1) is 0 Å². The third-order valence-corrected chi connectivity index (χ3v) is 4.97. The van der Waals surface area contributed by atoms with Gasteiger partial charge in [-0.05, 0) is 25.5 Å². The largest absolute Gasteiger partial charge is 0.336 e. The van der Waals surface area contributed by atoms with Gasteiger partial charge in [0.1, 0.15) is 0 Å². The molecule has 0 saturated carbocycles. The standard InChI is InChI=1S/C17H23N5O/c23-17-10-18-7-9-22(17)13-4-3-8-21(11-13)12-16-14-5-1-2-6-15(14)19-20-16/h1-2,5-6,13,18H,3-4,7-12H2,(H,19,20)/t13-/m0/s1.